The Balaban J connectivity index is 2.80. The predicted molar refractivity (Wildman–Crippen MR) is 60.9 cm³/mol. The minimum absolute atomic E-state index is 0.0889. The Morgan fingerprint density at radius 2 is 2.29 bits per heavy atom. The van der Waals surface area contributed by atoms with Gasteiger partial charge in [-0.3, -0.25) is 0 Å². The van der Waals surface area contributed by atoms with Gasteiger partial charge in [0.1, 0.15) is 0 Å². The highest BCUT2D eigenvalue weighted by Gasteiger charge is 2.15. The van der Waals surface area contributed by atoms with E-state index in [1.54, 1.807) is 0 Å². The number of carboxylic acid groups (broad SMARTS) is 1. The van der Waals surface area contributed by atoms with Crippen LogP contribution in [0.4, 0.5) is 0 Å². The lowest BCUT2D eigenvalue weighted by molar-refractivity contribution is 0.0690. The summed E-state index contributed by atoms with van der Waals surface area (Å²) < 4.78 is 1.37. The van der Waals surface area contributed by atoms with E-state index >= 15 is 0 Å². The fraction of sp³-hybridized carbons (Fsp3) is 0.182. The number of nitrogens with zero attached hydrogens (tertiary/aromatic N) is 3. The number of rotatable bonds is 3. The van der Waals surface area contributed by atoms with Crippen molar-refractivity contribution in [1.82, 2.24) is 14.4 Å². The lowest BCUT2D eigenvalue weighted by Crippen LogP contribution is -2.06. The Kier molecular flexibility index (Phi) is 2.55. The van der Waals surface area contributed by atoms with E-state index in [0.29, 0.717) is 17.7 Å². The Labute approximate surface area is 96.9 Å². The summed E-state index contributed by atoms with van der Waals surface area (Å²) in [4.78, 5) is 18.6. The molecule has 2 aromatic rings. The molecule has 6 nitrogen and oxygen atoms in total. The van der Waals surface area contributed by atoms with Crippen LogP contribution in [0.15, 0.2) is 18.8 Å². The molecule has 0 aliphatic rings. The molecule has 0 amide bonds. The van der Waals surface area contributed by atoms with E-state index in [-0.39, 0.29) is 17.4 Å². The number of carboxylic acids is 1. The maximum atomic E-state index is 10.9. The number of hydrogen-bond acceptors (Lipinski definition) is 4. The van der Waals surface area contributed by atoms with Crippen LogP contribution in [0.1, 0.15) is 29.5 Å². The van der Waals surface area contributed by atoms with Crippen molar-refractivity contribution in [2.45, 2.75) is 13.3 Å². The third-order valence-electron chi connectivity index (χ3n) is 2.47. The number of imidazole rings is 1. The molecule has 2 aromatic heterocycles. The second-order valence-corrected chi connectivity index (χ2v) is 3.54. The molecule has 0 saturated heterocycles. The number of fused-ring (bicyclic) bond motifs is 1. The molecule has 0 bridgehead atoms. The Morgan fingerprint density at radius 1 is 1.59 bits per heavy atom. The van der Waals surface area contributed by atoms with Crippen molar-refractivity contribution in [2.75, 3.05) is 0 Å². The summed E-state index contributed by atoms with van der Waals surface area (Å²) in [7, 11) is 0. The summed E-state index contributed by atoms with van der Waals surface area (Å²) in [6.45, 7) is 5.73. The molecule has 0 spiro atoms. The maximum absolute atomic E-state index is 10.9. The third kappa shape index (κ3) is 1.73. The van der Waals surface area contributed by atoms with Gasteiger partial charge in [0.25, 0.3) is 0 Å². The van der Waals surface area contributed by atoms with Gasteiger partial charge < -0.3 is 10.2 Å². The van der Waals surface area contributed by atoms with Crippen molar-refractivity contribution >= 4 is 17.3 Å². The van der Waals surface area contributed by atoms with Gasteiger partial charge in [-0.25, -0.2) is 19.2 Å². The fourth-order valence-corrected chi connectivity index (χ4v) is 1.53. The van der Waals surface area contributed by atoms with Crippen molar-refractivity contribution < 1.29 is 15.0 Å². The van der Waals surface area contributed by atoms with Crippen LogP contribution in [-0.4, -0.2) is 30.6 Å². The normalized spacial score (nSPS) is 10.6. The smallest absolute Gasteiger partial charge is 0.354 e. The summed E-state index contributed by atoms with van der Waals surface area (Å²) in [5, 5.41) is 18.6. The van der Waals surface area contributed by atoms with E-state index in [9.17, 15) is 9.90 Å². The van der Waals surface area contributed by atoms with Gasteiger partial charge in [-0.15, -0.1) is 0 Å². The molecule has 0 fully saturated rings. The molecule has 2 heterocycles. The number of aromatic carboxylic acids is 1. The Bertz CT molecular complexity index is 616. The van der Waals surface area contributed by atoms with Crippen LogP contribution in [0.2, 0.25) is 0 Å². The van der Waals surface area contributed by atoms with Gasteiger partial charge in [0.2, 0.25) is 11.7 Å². The molecule has 0 aromatic carbocycles. The average molecular weight is 233 g/mol. The first-order chi connectivity index (χ1) is 8.04. The number of aromatic hydroxyl groups is 1. The van der Waals surface area contributed by atoms with Crippen LogP contribution in [-0.2, 0) is 0 Å². The van der Waals surface area contributed by atoms with E-state index in [4.69, 9.17) is 5.11 Å². The molecule has 2 rings (SSSR count). The second-order valence-electron chi connectivity index (χ2n) is 3.54. The summed E-state index contributed by atoms with van der Waals surface area (Å²) in [6.07, 6.45) is 1.86. The first-order valence-electron chi connectivity index (χ1n) is 5.03. The van der Waals surface area contributed by atoms with Gasteiger partial charge in [0.15, 0.2) is 5.69 Å². The van der Waals surface area contributed by atoms with Crippen LogP contribution in [0, 0.1) is 0 Å². The number of hydrogen-bond donors (Lipinski definition) is 2. The zero-order chi connectivity index (χ0) is 12.6. The number of carbonyl (C=O) groups is 1. The molecule has 17 heavy (non-hydrogen) atoms. The van der Waals surface area contributed by atoms with Crippen LogP contribution in [0.3, 0.4) is 0 Å². The minimum Gasteiger partial charge on any atom is -0.493 e. The van der Waals surface area contributed by atoms with Crippen molar-refractivity contribution in [3.63, 3.8) is 0 Å². The van der Waals surface area contributed by atoms with Gasteiger partial charge in [-0.05, 0) is 18.1 Å². The minimum atomic E-state index is -1.14. The molecule has 0 saturated carbocycles. The molecule has 2 N–H and O–H groups in total. The first kappa shape index (κ1) is 11.1. The fourth-order valence-electron chi connectivity index (χ4n) is 1.53. The zero-order valence-corrected chi connectivity index (χ0v) is 9.21. The van der Waals surface area contributed by atoms with Crippen molar-refractivity contribution in [1.29, 1.82) is 0 Å². The SMILES string of the molecule is C=C(CC)c1cc(C(=O)O)nc2ncc(O)n12. The van der Waals surface area contributed by atoms with Crippen LogP contribution in [0.25, 0.3) is 11.4 Å². The predicted octanol–water partition coefficient (Wildman–Crippen LogP) is 1.56. The highest BCUT2D eigenvalue weighted by molar-refractivity contribution is 5.87. The highest BCUT2D eigenvalue weighted by atomic mass is 16.4. The summed E-state index contributed by atoms with van der Waals surface area (Å²) in [5.74, 6) is -1.08. The molecule has 0 atom stereocenters. The second kappa shape index (κ2) is 3.89. The largest absolute Gasteiger partial charge is 0.493 e. The molecule has 0 unspecified atom stereocenters. The van der Waals surface area contributed by atoms with Gasteiger partial charge >= 0.3 is 5.97 Å². The number of allylic oxidation sites excluding steroid dienone is 1. The topological polar surface area (TPSA) is 87.7 Å². The molecule has 88 valence electrons. The third-order valence-corrected chi connectivity index (χ3v) is 2.47. The molecular formula is C11H11N3O3. The Morgan fingerprint density at radius 3 is 2.88 bits per heavy atom. The highest BCUT2D eigenvalue weighted by Crippen LogP contribution is 2.22. The molecule has 0 aliphatic carbocycles. The van der Waals surface area contributed by atoms with Crippen molar-refractivity contribution in [3.05, 3.63) is 30.2 Å². The quantitative estimate of drug-likeness (QED) is 0.839. The van der Waals surface area contributed by atoms with Crippen LogP contribution >= 0.6 is 0 Å². The van der Waals surface area contributed by atoms with E-state index in [0.717, 1.165) is 0 Å². The van der Waals surface area contributed by atoms with Crippen molar-refractivity contribution in [2.24, 2.45) is 0 Å². The monoisotopic (exact) mass is 233 g/mol. The Hall–Kier alpha value is -2.37. The number of aromatic nitrogens is 3. The van der Waals surface area contributed by atoms with E-state index in [1.807, 2.05) is 6.92 Å². The van der Waals surface area contributed by atoms with Crippen molar-refractivity contribution in [3.8, 4) is 5.88 Å². The van der Waals surface area contributed by atoms with E-state index in [1.165, 1.54) is 16.7 Å². The van der Waals surface area contributed by atoms with Crippen LogP contribution < -0.4 is 0 Å². The zero-order valence-electron chi connectivity index (χ0n) is 9.21. The molecule has 0 radical (unpaired) electrons. The summed E-state index contributed by atoms with van der Waals surface area (Å²) >= 11 is 0. The van der Waals surface area contributed by atoms with Gasteiger partial charge in [-0.1, -0.05) is 13.5 Å². The molecular weight excluding hydrogens is 222 g/mol. The molecule has 0 aliphatic heterocycles. The van der Waals surface area contributed by atoms with E-state index in [2.05, 4.69) is 16.5 Å². The first-order valence-corrected chi connectivity index (χ1v) is 5.03. The lowest BCUT2D eigenvalue weighted by atomic mass is 10.1. The standard InChI is InChI=1S/C11H11N3O3/c1-3-6(2)8-4-7(10(16)17)13-11-12-5-9(15)14(8)11/h4-5,15H,2-3H2,1H3,(H,16,17). The van der Waals surface area contributed by atoms with Gasteiger partial charge in [0.05, 0.1) is 11.9 Å². The van der Waals surface area contributed by atoms with Gasteiger partial charge in [0, 0.05) is 0 Å². The molecule has 6 heteroatoms. The van der Waals surface area contributed by atoms with E-state index < -0.39 is 5.97 Å². The lowest BCUT2D eigenvalue weighted by Gasteiger charge is -2.08. The summed E-state index contributed by atoms with van der Waals surface area (Å²) in [5.41, 5.74) is 1.09. The van der Waals surface area contributed by atoms with Gasteiger partial charge in [-0.2, -0.15) is 0 Å². The van der Waals surface area contributed by atoms with Crippen LogP contribution in [0.5, 0.6) is 5.88 Å². The average Bonchev–Trinajstić information content (AvgIpc) is 2.69. The maximum Gasteiger partial charge on any atom is 0.354 e. The summed E-state index contributed by atoms with van der Waals surface area (Å²) in [6, 6.07) is 1.38.